The summed E-state index contributed by atoms with van der Waals surface area (Å²) >= 11 is 0. The molecule has 1 saturated carbocycles. The second kappa shape index (κ2) is 12.1. The minimum Gasteiger partial charge on any atom is -0.476 e. The lowest BCUT2D eigenvalue weighted by atomic mass is 9.81. The molecular formula is C27H42N6O3. The molecule has 9 heteroatoms. The highest BCUT2D eigenvalue weighted by atomic mass is 16.5. The summed E-state index contributed by atoms with van der Waals surface area (Å²) < 4.78 is 6.19. The molecule has 0 aromatic carbocycles. The highest BCUT2D eigenvalue weighted by molar-refractivity contribution is 6.13. The summed E-state index contributed by atoms with van der Waals surface area (Å²) in [6.45, 7) is 7.21. The molecule has 0 amide bonds. The first-order valence-electron chi connectivity index (χ1n) is 13.6. The zero-order chi connectivity index (χ0) is 25.7. The van der Waals surface area contributed by atoms with E-state index in [0.29, 0.717) is 49.2 Å². The quantitative estimate of drug-likeness (QED) is 0.406. The van der Waals surface area contributed by atoms with E-state index in [1.807, 2.05) is 13.0 Å². The van der Waals surface area contributed by atoms with Gasteiger partial charge < -0.3 is 25.2 Å². The first-order valence-corrected chi connectivity index (χ1v) is 13.6. The van der Waals surface area contributed by atoms with Crippen LogP contribution in [0.5, 0.6) is 5.88 Å². The number of nitrogens with zero attached hydrogens (tertiary/aromatic N) is 5. The van der Waals surface area contributed by atoms with Crippen molar-refractivity contribution in [3.8, 4) is 5.88 Å². The Kier molecular flexibility index (Phi) is 8.95. The van der Waals surface area contributed by atoms with Crippen LogP contribution in [0.3, 0.4) is 0 Å². The molecule has 1 aromatic heterocycles. The molecule has 198 valence electrons. The second-order valence-electron chi connectivity index (χ2n) is 10.5. The van der Waals surface area contributed by atoms with Crippen molar-refractivity contribution in [2.75, 3.05) is 58.3 Å². The van der Waals surface area contributed by atoms with Crippen LogP contribution >= 0.6 is 0 Å². The topological polar surface area (TPSA) is 105 Å². The van der Waals surface area contributed by atoms with Crippen molar-refractivity contribution in [3.63, 3.8) is 0 Å². The SMILES string of the molecule is CCC/C(C(=O)C1CCCCC1=O)=C(/N)c1nc(OCC2CCCN2C)cc(N2CCN(C)CC2)n1. The van der Waals surface area contributed by atoms with Crippen molar-refractivity contribution < 1.29 is 14.3 Å². The Morgan fingerprint density at radius 3 is 2.53 bits per heavy atom. The molecule has 3 heterocycles. The number of hydrogen-bond donors (Lipinski definition) is 1. The van der Waals surface area contributed by atoms with Gasteiger partial charge in [0.2, 0.25) is 5.88 Å². The van der Waals surface area contributed by atoms with E-state index in [4.69, 9.17) is 15.5 Å². The number of carbonyl (C=O) groups is 2. The maximum atomic E-state index is 13.5. The van der Waals surface area contributed by atoms with Crippen LogP contribution in [-0.4, -0.2) is 90.8 Å². The summed E-state index contributed by atoms with van der Waals surface area (Å²) in [5.74, 6) is 0.860. The van der Waals surface area contributed by atoms with Gasteiger partial charge in [0, 0.05) is 50.3 Å². The number of nitrogens with two attached hydrogens (primary N) is 1. The summed E-state index contributed by atoms with van der Waals surface area (Å²) in [5, 5.41) is 0. The van der Waals surface area contributed by atoms with Gasteiger partial charge in [0.25, 0.3) is 0 Å². The van der Waals surface area contributed by atoms with Gasteiger partial charge in [-0.1, -0.05) is 19.8 Å². The number of Topliss-reactive ketones (excluding diaryl/α,β-unsaturated/α-hetero) is 2. The Balaban J connectivity index is 1.66. The molecule has 2 unspecified atom stereocenters. The zero-order valence-electron chi connectivity index (χ0n) is 22.2. The fourth-order valence-corrected chi connectivity index (χ4v) is 5.42. The van der Waals surface area contributed by atoms with Gasteiger partial charge in [-0.05, 0) is 52.7 Å². The van der Waals surface area contributed by atoms with Crippen LogP contribution in [0.2, 0.25) is 0 Å². The lowest BCUT2D eigenvalue weighted by Gasteiger charge is -2.33. The largest absolute Gasteiger partial charge is 0.476 e. The average molecular weight is 499 g/mol. The number of ketones is 2. The third kappa shape index (κ3) is 6.24. The number of anilines is 1. The number of likely N-dealkylation sites (tertiary alicyclic amines) is 1. The average Bonchev–Trinajstić information content (AvgIpc) is 3.30. The fourth-order valence-electron chi connectivity index (χ4n) is 5.42. The van der Waals surface area contributed by atoms with Crippen LogP contribution in [-0.2, 0) is 9.59 Å². The number of carbonyl (C=O) groups excluding carboxylic acids is 2. The van der Waals surface area contributed by atoms with Gasteiger partial charge in [-0.3, -0.25) is 9.59 Å². The Morgan fingerprint density at radius 2 is 1.86 bits per heavy atom. The van der Waals surface area contributed by atoms with Crippen molar-refractivity contribution in [1.29, 1.82) is 0 Å². The molecule has 4 rings (SSSR count). The Morgan fingerprint density at radius 1 is 1.08 bits per heavy atom. The Labute approximate surface area is 215 Å². The molecular weight excluding hydrogens is 456 g/mol. The first-order chi connectivity index (χ1) is 17.4. The smallest absolute Gasteiger partial charge is 0.219 e. The van der Waals surface area contributed by atoms with E-state index in [1.165, 1.54) is 6.42 Å². The van der Waals surface area contributed by atoms with Crippen molar-refractivity contribution in [3.05, 3.63) is 17.5 Å². The summed E-state index contributed by atoms with van der Waals surface area (Å²) in [6, 6.07) is 2.25. The van der Waals surface area contributed by atoms with E-state index < -0.39 is 5.92 Å². The van der Waals surface area contributed by atoms with Crippen LogP contribution in [0.4, 0.5) is 5.82 Å². The maximum absolute atomic E-state index is 13.5. The molecule has 2 N–H and O–H groups in total. The number of rotatable bonds is 9. The molecule has 0 bridgehead atoms. The molecule has 1 aromatic rings. The lowest BCUT2D eigenvalue weighted by Crippen LogP contribution is -2.45. The van der Waals surface area contributed by atoms with Crippen LogP contribution in [0, 0.1) is 5.92 Å². The second-order valence-corrected chi connectivity index (χ2v) is 10.5. The van der Waals surface area contributed by atoms with E-state index >= 15 is 0 Å². The van der Waals surface area contributed by atoms with Gasteiger partial charge in [-0.25, -0.2) is 4.98 Å². The Hall–Kier alpha value is -2.52. The molecule has 2 atom stereocenters. The van der Waals surface area contributed by atoms with Crippen LogP contribution in [0.15, 0.2) is 11.6 Å². The summed E-state index contributed by atoms with van der Waals surface area (Å²) in [5.41, 5.74) is 7.40. The first kappa shape index (κ1) is 26.5. The van der Waals surface area contributed by atoms with Crippen molar-refractivity contribution in [1.82, 2.24) is 19.8 Å². The van der Waals surface area contributed by atoms with E-state index in [9.17, 15) is 9.59 Å². The normalized spacial score (nSPS) is 24.6. The summed E-state index contributed by atoms with van der Waals surface area (Å²) in [4.78, 5) is 42.3. The third-order valence-corrected chi connectivity index (χ3v) is 7.85. The molecule has 1 aliphatic carbocycles. The highest BCUT2D eigenvalue weighted by Crippen LogP contribution is 2.29. The fraction of sp³-hybridized carbons (Fsp3) is 0.704. The zero-order valence-corrected chi connectivity index (χ0v) is 22.2. The summed E-state index contributed by atoms with van der Waals surface area (Å²) in [7, 11) is 4.24. The molecule has 2 saturated heterocycles. The van der Waals surface area contributed by atoms with Crippen LogP contribution in [0.25, 0.3) is 5.70 Å². The van der Waals surface area contributed by atoms with E-state index in [-0.39, 0.29) is 17.3 Å². The van der Waals surface area contributed by atoms with E-state index in [2.05, 4.69) is 33.8 Å². The van der Waals surface area contributed by atoms with Crippen molar-refractivity contribution >= 4 is 23.1 Å². The lowest BCUT2D eigenvalue weighted by molar-refractivity contribution is -0.132. The molecule has 2 aliphatic heterocycles. The predicted octanol–water partition coefficient (Wildman–Crippen LogP) is 2.50. The van der Waals surface area contributed by atoms with Gasteiger partial charge in [0.15, 0.2) is 11.6 Å². The monoisotopic (exact) mass is 498 g/mol. The van der Waals surface area contributed by atoms with E-state index in [0.717, 1.165) is 64.2 Å². The molecule has 9 nitrogen and oxygen atoms in total. The van der Waals surface area contributed by atoms with Gasteiger partial charge in [0.1, 0.15) is 18.2 Å². The predicted molar refractivity (Wildman–Crippen MR) is 141 cm³/mol. The van der Waals surface area contributed by atoms with Gasteiger partial charge in [-0.15, -0.1) is 0 Å². The number of aromatic nitrogens is 2. The number of ether oxygens (including phenoxy) is 1. The number of allylic oxidation sites excluding steroid dienone is 1. The minimum atomic E-state index is -0.590. The minimum absolute atomic E-state index is 0.0319. The van der Waals surface area contributed by atoms with Gasteiger partial charge >= 0.3 is 0 Å². The van der Waals surface area contributed by atoms with Crippen molar-refractivity contribution in [2.24, 2.45) is 11.7 Å². The Bertz CT molecular complexity index is 972. The van der Waals surface area contributed by atoms with Crippen molar-refractivity contribution in [2.45, 2.75) is 64.3 Å². The molecule has 3 aliphatic rings. The number of hydrogen-bond acceptors (Lipinski definition) is 9. The molecule has 36 heavy (non-hydrogen) atoms. The summed E-state index contributed by atoms with van der Waals surface area (Å²) in [6.07, 6.45) is 6.35. The van der Waals surface area contributed by atoms with Crippen LogP contribution < -0.4 is 15.4 Å². The standard InChI is InChI=1S/C27H42N6O3/c1-4-8-21(26(35)20-10-5-6-11-22(20)34)25(28)27-29-23(33-15-13-31(2)14-16-33)17-24(30-27)36-18-19-9-7-12-32(19)3/h17,19-20H,4-16,18,28H2,1-3H3/b25-21-. The third-order valence-electron chi connectivity index (χ3n) is 7.85. The number of piperazine rings is 1. The van der Waals surface area contributed by atoms with Crippen LogP contribution in [0.1, 0.15) is 64.1 Å². The molecule has 0 spiro atoms. The maximum Gasteiger partial charge on any atom is 0.219 e. The van der Waals surface area contributed by atoms with Gasteiger partial charge in [0.05, 0.1) is 11.6 Å². The molecule has 3 fully saturated rings. The highest BCUT2D eigenvalue weighted by Gasteiger charge is 2.32. The van der Waals surface area contributed by atoms with Gasteiger partial charge in [-0.2, -0.15) is 4.98 Å². The molecule has 0 radical (unpaired) electrons. The number of likely N-dealkylation sites (N-methyl/N-ethyl adjacent to an activating group) is 2. The van der Waals surface area contributed by atoms with E-state index in [1.54, 1.807) is 0 Å².